The maximum atomic E-state index is 11.4. The van der Waals surface area contributed by atoms with E-state index in [0.717, 1.165) is 11.1 Å². The molecule has 6 heteroatoms. The van der Waals surface area contributed by atoms with Gasteiger partial charge in [-0.2, -0.15) is 0 Å². The van der Waals surface area contributed by atoms with E-state index in [4.69, 9.17) is 5.73 Å². The zero-order valence-electron chi connectivity index (χ0n) is 8.54. The van der Waals surface area contributed by atoms with Crippen LogP contribution in [0.25, 0.3) is 0 Å². The van der Waals surface area contributed by atoms with Gasteiger partial charge in [0.2, 0.25) is 0 Å². The Labute approximate surface area is 86.1 Å². The average molecular weight is 210 g/mol. The van der Waals surface area contributed by atoms with E-state index in [1.54, 1.807) is 0 Å². The van der Waals surface area contributed by atoms with Crippen LogP contribution in [-0.2, 0) is 7.05 Å². The zero-order valence-corrected chi connectivity index (χ0v) is 8.54. The molecule has 1 aliphatic carbocycles. The maximum absolute atomic E-state index is 11.4. The van der Waals surface area contributed by atoms with Crippen molar-refractivity contribution in [1.29, 1.82) is 0 Å². The lowest BCUT2D eigenvalue weighted by atomic mass is 10.4. The third kappa shape index (κ3) is 1.88. The number of aromatic amines is 1. The lowest BCUT2D eigenvalue weighted by Gasteiger charge is -2.08. The van der Waals surface area contributed by atoms with Crippen molar-refractivity contribution in [2.75, 3.05) is 17.6 Å². The number of nitrogen functional groups attached to an aromatic ring is 1. The van der Waals surface area contributed by atoms with Gasteiger partial charge < -0.3 is 11.1 Å². The first-order chi connectivity index (χ1) is 7.09. The Balaban J connectivity index is 2.29. The van der Waals surface area contributed by atoms with Gasteiger partial charge in [0.15, 0.2) is 0 Å². The summed E-state index contributed by atoms with van der Waals surface area (Å²) in [6, 6.07) is 0. The second-order valence-corrected chi connectivity index (χ2v) is 3.91. The molecule has 0 aromatic carbocycles. The zero-order chi connectivity index (χ0) is 11.0. The van der Waals surface area contributed by atoms with E-state index < -0.39 is 11.2 Å². The molecule has 82 valence electrons. The van der Waals surface area contributed by atoms with Gasteiger partial charge in [0, 0.05) is 13.6 Å². The number of aromatic nitrogens is 2. The summed E-state index contributed by atoms with van der Waals surface area (Å²) in [6.07, 6.45) is 2.39. The summed E-state index contributed by atoms with van der Waals surface area (Å²) in [5, 5.41) is 2.99. The molecule has 0 aliphatic heterocycles. The first kappa shape index (κ1) is 9.82. The molecule has 4 N–H and O–H groups in total. The lowest BCUT2D eigenvalue weighted by molar-refractivity contribution is 0.776. The number of nitrogens with zero attached hydrogens (tertiary/aromatic N) is 1. The van der Waals surface area contributed by atoms with E-state index in [2.05, 4.69) is 10.3 Å². The molecule has 1 aromatic heterocycles. The smallest absolute Gasteiger partial charge is 0.329 e. The number of anilines is 2. The van der Waals surface area contributed by atoms with Crippen LogP contribution in [0, 0.1) is 5.92 Å². The van der Waals surface area contributed by atoms with Gasteiger partial charge in [-0.3, -0.25) is 14.3 Å². The van der Waals surface area contributed by atoms with E-state index in [1.807, 2.05) is 0 Å². The maximum Gasteiger partial charge on any atom is 0.329 e. The molecule has 0 amide bonds. The van der Waals surface area contributed by atoms with E-state index in [-0.39, 0.29) is 5.69 Å². The average Bonchev–Trinajstić information content (AvgIpc) is 3.02. The fraction of sp³-hybridized carbons (Fsp3) is 0.556. The molecule has 0 atom stereocenters. The number of nitrogens with one attached hydrogen (secondary N) is 2. The first-order valence-electron chi connectivity index (χ1n) is 4.92. The Morgan fingerprint density at radius 2 is 2.20 bits per heavy atom. The van der Waals surface area contributed by atoms with Crippen LogP contribution in [0.1, 0.15) is 12.8 Å². The summed E-state index contributed by atoms with van der Waals surface area (Å²) < 4.78 is 0.956. The summed E-state index contributed by atoms with van der Waals surface area (Å²) in [4.78, 5) is 25.3. The van der Waals surface area contributed by atoms with Crippen LogP contribution in [0.5, 0.6) is 0 Å². The SMILES string of the molecule is Cn1c(=O)[nH]c(NCC2CC2)c(N)c1=O. The molecule has 1 saturated carbocycles. The van der Waals surface area contributed by atoms with Crippen molar-refractivity contribution >= 4 is 11.5 Å². The molecule has 0 radical (unpaired) electrons. The summed E-state index contributed by atoms with van der Waals surface area (Å²) in [7, 11) is 1.39. The Hall–Kier alpha value is -1.72. The van der Waals surface area contributed by atoms with Crippen molar-refractivity contribution in [3.63, 3.8) is 0 Å². The number of H-pyrrole nitrogens is 1. The van der Waals surface area contributed by atoms with Gasteiger partial charge in [-0.05, 0) is 18.8 Å². The highest BCUT2D eigenvalue weighted by Crippen LogP contribution is 2.28. The molecule has 1 heterocycles. The monoisotopic (exact) mass is 210 g/mol. The largest absolute Gasteiger partial charge is 0.391 e. The molecule has 0 bridgehead atoms. The molecule has 2 rings (SSSR count). The molecule has 1 aromatic rings. The molecule has 15 heavy (non-hydrogen) atoms. The van der Waals surface area contributed by atoms with Crippen molar-refractivity contribution in [2.24, 2.45) is 13.0 Å². The molecule has 1 aliphatic rings. The third-order valence-electron chi connectivity index (χ3n) is 2.61. The highest BCUT2D eigenvalue weighted by atomic mass is 16.2. The van der Waals surface area contributed by atoms with E-state index in [1.165, 1.54) is 19.9 Å². The number of rotatable bonds is 3. The normalized spacial score (nSPS) is 15.3. The minimum Gasteiger partial charge on any atom is -0.391 e. The van der Waals surface area contributed by atoms with Crippen LogP contribution in [0.15, 0.2) is 9.59 Å². The van der Waals surface area contributed by atoms with Gasteiger partial charge in [0.1, 0.15) is 11.5 Å². The molecule has 0 saturated heterocycles. The van der Waals surface area contributed by atoms with Crippen molar-refractivity contribution in [2.45, 2.75) is 12.8 Å². The summed E-state index contributed by atoms with van der Waals surface area (Å²) in [5.41, 5.74) is 4.75. The van der Waals surface area contributed by atoms with Gasteiger partial charge in [0.05, 0.1) is 0 Å². The first-order valence-corrected chi connectivity index (χ1v) is 4.92. The summed E-state index contributed by atoms with van der Waals surface area (Å²) >= 11 is 0. The van der Waals surface area contributed by atoms with E-state index >= 15 is 0 Å². The topological polar surface area (TPSA) is 92.9 Å². The fourth-order valence-electron chi connectivity index (χ4n) is 1.35. The fourth-order valence-corrected chi connectivity index (χ4v) is 1.35. The van der Waals surface area contributed by atoms with Crippen LogP contribution in [-0.4, -0.2) is 16.1 Å². The minimum absolute atomic E-state index is 0.0674. The highest BCUT2D eigenvalue weighted by molar-refractivity contribution is 5.59. The Morgan fingerprint density at radius 1 is 1.53 bits per heavy atom. The Bertz CT molecular complexity index is 484. The molecule has 1 fully saturated rings. The molecule has 0 spiro atoms. The summed E-state index contributed by atoms with van der Waals surface area (Å²) in [5.74, 6) is 0.993. The van der Waals surface area contributed by atoms with Gasteiger partial charge in [0.25, 0.3) is 5.56 Å². The second kappa shape index (κ2) is 3.45. The van der Waals surface area contributed by atoms with Crippen molar-refractivity contribution < 1.29 is 0 Å². The van der Waals surface area contributed by atoms with Gasteiger partial charge >= 0.3 is 5.69 Å². The predicted molar refractivity (Wildman–Crippen MR) is 57.9 cm³/mol. The number of nitrogens with two attached hydrogens (primary N) is 1. The highest BCUT2D eigenvalue weighted by Gasteiger charge is 2.21. The van der Waals surface area contributed by atoms with Crippen LogP contribution >= 0.6 is 0 Å². The van der Waals surface area contributed by atoms with Crippen molar-refractivity contribution in [3.05, 3.63) is 20.8 Å². The predicted octanol–water partition coefficient (Wildman–Crippen LogP) is -0.522. The van der Waals surface area contributed by atoms with Gasteiger partial charge in [-0.25, -0.2) is 4.79 Å². The van der Waals surface area contributed by atoms with Crippen LogP contribution in [0.4, 0.5) is 11.5 Å². The second-order valence-electron chi connectivity index (χ2n) is 3.91. The molecule has 0 unspecified atom stereocenters. The van der Waals surface area contributed by atoms with E-state index in [0.29, 0.717) is 11.7 Å². The lowest BCUT2D eigenvalue weighted by Crippen LogP contribution is -2.35. The minimum atomic E-state index is -0.461. The van der Waals surface area contributed by atoms with E-state index in [9.17, 15) is 9.59 Å². The van der Waals surface area contributed by atoms with Crippen LogP contribution < -0.4 is 22.3 Å². The Kier molecular flexibility index (Phi) is 2.26. The standard InChI is InChI=1S/C9H14N4O2/c1-13-8(14)6(10)7(12-9(13)15)11-4-5-2-3-5/h5,11H,2-4,10H2,1H3,(H,12,15). The summed E-state index contributed by atoms with van der Waals surface area (Å²) in [6.45, 7) is 0.757. The number of hydrogen-bond acceptors (Lipinski definition) is 4. The molecular formula is C9H14N4O2. The number of hydrogen-bond donors (Lipinski definition) is 3. The van der Waals surface area contributed by atoms with Crippen LogP contribution in [0.2, 0.25) is 0 Å². The molecule has 6 nitrogen and oxygen atoms in total. The van der Waals surface area contributed by atoms with Crippen molar-refractivity contribution in [3.8, 4) is 0 Å². The Morgan fingerprint density at radius 3 is 2.80 bits per heavy atom. The van der Waals surface area contributed by atoms with Gasteiger partial charge in [-0.1, -0.05) is 0 Å². The quantitative estimate of drug-likeness (QED) is 0.625. The third-order valence-corrected chi connectivity index (χ3v) is 2.61. The van der Waals surface area contributed by atoms with Crippen LogP contribution in [0.3, 0.4) is 0 Å². The van der Waals surface area contributed by atoms with Gasteiger partial charge in [-0.15, -0.1) is 0 Å². The molecular weight excluding hydrogens is 196 g/mol. The van der Waals surface area contributed by atoms with Crippen molar-refractivity contribution in [1.82, 2.24) is 9.55 Å².